The van der Waals surface area contributed by atoms with Gasteiger partial charge in [0.2, 0.25) is 0 Å². The molecule has 0 saturated heterocycles. The molecular formula is C9H11N5O3. The van der Waals surface area contributed by atoms with Crippen molar-refractivity contribution in [2.75, 3.05) is 6.54 Å². The van der Waals surface area contributed by atoms with Gasteiger partial charge in [-0.05, 0) is 13.0 Å². The van der Waals surface area contributed by atoms with Crippen molar-refractivity contribution in [1.82, 2.24) is 15.1 Å². The second-order valence-electron chi connectivity index (χ2n) is 3.42. The highest BCUT2D eigenvalue weighted by molar-refractivity contribution is 5.78. The van der Waals surface area contributed by atoms with Crippen molar-refractivity contribution in [3.8, 4) is 5.88 Å². The van der Waals surface area contributed by atoms with Crippen molar-refractivity contribution < 1.29 is 9.66 Å². The molecule has 8 nitrogen and oxygen atoms in total. The van der Waals surface area contributed by atoms with Gasteiger partial charge in [-0.1, -0.05) is 0 Å². The van der Waals surface area contributed by atoms with Gasteiger partial charge in [0.1, 0.15) is 5.69 Å². The number of hydrogen-bond acceptors (Lipinski definition) is 6. The van der Waals surface area contributed by atoms with E-state index in [-0.39, 0.29) is 17.6 Å². The third-order valence-corrected chi connectivity index (χ3v) is 2.32. The number of ether oxygens (including phenoxy) is 1. The van der Waals surface area contributed by atoms with E-state index in [2.05, 4.69) is 15.4 Å². The molecule has 1 aromatic heterocycles. The van der Waals surface area contributed by atoms with Gasteiger partial charge in [0.25, 0.3) is 6.02 Å². The zero-order valence-electron chi connectivity index (χ0n) is 9.38. The lowest BCUT2D eigenvalue weighted by Gasteiger charge is -2.08. The Morgan fingerprint density at radius 1 is 1.65 bits per heavy atom. The molecule has 1 aromatic rings. The van der Waals surface area contributed by atoms with Crippen molar-refractivity contribution in [2.45, 2.75) is 6.92 Å². The topological polar surface area (TPSA) is 94.6 Å². The molecular weight excluding hydrogens is 226 g/mol. The Labute approximate surface area is 96.7 Å². The molecule has 0 atom stereocenters. The molecule has 0 fully saturated rings. The Morgan fingerprint density at radius 3 is 3.00 bits per heavy atom. The molecule has 17 heavy (non-hydrogen) atoms. The van der Waals surface area contributed by atoms with Crippen molar-refractivity contribution in [2.24, 2.45) is 12.0 Å². The van der Waals surface area contributed by atoms with Crippen LogP contribution in [0.2, 0.25) is 0 Å². The molecule has 0 aliphatic carbocycles. The summed E-state index contributed by atoms with van der Waals surface area (Å²) in [5.74, 6) is -0.0587. The van der Waals surface area contributed by atoms with Gasteiger partial charge in [0.15, 0.2) is 0 Å². The summed E-state index contributed by atoms with van der Waals surface area (Å²) in [6.07, 6.45) is 3.36. The number of aliphatic imine (C=N–C) groups is 1. The first kappa shape index (κ1) is 11.1. The molecule has 0 radical (unpaired) electrons. The van der Waals surface area contributed by atoms with E-state index in [0.29, 0.717) is 12.2 Å². The van der Waals surface area contributed by atoms with Crippen LogP contribution in [0.4, 0.5) is 5.69 Å². The monoisotopic (exact) mass is 237 g/mol. The van der Waals surface area contributed by atoms with Gasteiger partial charge < -0.3 is 10.1 Å². The molecule has 0 amide bonds. The fraction of sp³-hybridized carbons (Fsp3) is 0.333. The van der Waals surface area contributed by atoms with E-state index >= 15 is 0 Å². The Hall–Kier alpha value is -2.38. The van der Waals surface area contributed by atoms with Crippen molar-refractivity contribution in [1.29, 1.82) is 0 Å². The van der Waals surface area contributed by atoms with Gasteiger partial charge in [-0.2, -0.15) is 0 Å². The van der Waals surface area contributed by atoms with Crippen LogP contribution in [0.5, 0.6) is 5.88 Å². The lowest BCUT2D eigenvalue weighted by Crippen LogP contribution is -2.30. The van der Waals surface area contributed by atoms with Gasteiger partial charge in [-0.15, -0.1) is 5.10 Å². The molecule has 0 spiro atoms. The van der Waals surface area contributed by atoms with Gasteiger partial charge in [-0.25, -0.2) is 4.99 Å². The summed E-state index contributed by atoms with van der Waals surface area (Å²) >= 11 is 0. The van der Waals surface area contributed by atoms with Crippen molar-refractivity contribution in [3.05, 3.63) is 28.1 Å². The van der Waals surface area contributed by atoms with Gasteiger partial charge in [-0.3, -0.25) is 14.8 Å². The zero-order valence-corrected chi connectivity index (χ0v) is 9.38. The molecule has 0 saturated carbocycles. The average Bonchev–Trinajstić information content (AvgIpc) is 2.56. The second-order valence-corrected chi connectivity index (χ2v) is 3.42. The largest absolute Gasteiger partial charge is 0.399 e. The normalized spacial score (nSPS) is 14.1. The minimum absolute atomic E-state index is 0.0587. The number of nitrogens with zero attached hydrogens (tertiary/aromatic N) is 4. The average molecular weight is 237 g/mol. The summed E-state index contributed by atoms with van der Waals surface area (Å²) in [6, 6.07) is 0.203. The van der Waals surface area contributed by atoms with E-state index in [0.717, 1.165) is 0 Å². The van der Waals surface area contributed by atoms with Crippen LogP contribution in [0.1, 0.15) is 5.69 Å². The molecule has 8 heteroatoms. The Kier molecular flexibility index (Phi) is 2.77. The molecule has 1 aliphatic heterocycles. The maximum absolute atomic E-state index is 10.9. The molecule has 0 unspecified atom stereocenters. The third-order valence-electron chi connectivity index (χ3n) is 2.32. The summed E-state index contributed by atoms with van der Waals surface area (Å²) < 4.78 is 6.66. The van der Waals surface area contributed by atoms with E-state index in [1.807, 2.05) is 0 Å². The smallest absolute Gasteiger partial charge is 0.353 e. The fourth-order valence-electron chi connectivity index (χ4n) is 1.36. The van der Waals surface area contributed by atoms with Crippen LogP contribution in [-0.4, -0.2) is 27.3 Å². The quantitative estimate of drug-likeness (QED) is 0.596. The van der Waals surface area contributed by atoms with Crippen LogP contribution >= 0.6 is 0 Å². The van der Waals surface area contributed by atoms with Crippen LogP contribution in [0.3, 0.4) is 0 Å². The van der Waals surface area contributed by atoms with Crippen molar-refractivity contribution in [3.63, 3.8) is 0 Å². The third kappa shape index (κ3) is 2.10. The van der Waals surface area contributed by atoms with Crippen LogP contribution < -0.4 is 10.1 Å². The highest BCUT2D eigenvalue weighted by Gasteiger charge is 2.26. The number of nitro groups is 1. The molecule has 1 aliphatic rings. The van der Waals surface area contributed by atoms with Gasteiger partial charge in [0.05, 0.1) is 4.92 Å². The van der Waals surface area contributed by atoms with Crippen molar-refractivity contribution >= 4 is 11.7 Å². The Morgan fingerprint density at radius 2 is 2.41 bits per heavy atom. The molecule has 1 N–H and O–H groups in total. The Bertz CT molecular complexity index is 517. The minimum atomic E-state index is -0.517. The van der Waals surface area contributed by atoms with Crippen LogP contribution in [0.25, 0.3) is 0 Å². The SMILES string of the molecule is Cc1c([N+](=O)[O-])c(OC2=NC=CCN2)nn1C. The first-order valence-electron chi connectivity index (χ1n) is 4.92. The minimum Gasteiger partial charge on any atom is -0.399 e. The number of aromatic nitrogens is 2. The van der Waals surface area contributed by atoms with Crippen LogP contribution in [0.15, 0.2) is 17.3 Å². The number of amidine groups is 1. The van der Waals surface area contributed by atoms with E-state index in [4.69, 9.17) is 4.74 Å². The standard InChI is InChI=1S/C9H11N5O3/c1-6-7(14(15)16)8(12-13(6)2)17-9-10-4-3-5-11-9/h3-4H,5H2,1-2H3,(H,10,11). The first-order chi connectivity index (χ1) is 8.09. The van der Waals surface area contributed by atoms with Gasteiger partial charge >= 0.3 is 11.6 Å². The summed E-state index contributed by atoms with van der Waals surface area (Å²) in [5, 5.41) is 17.7. The number of hydrogen-bond donors (Lipinski definition) is 1. The lowest BCUT2D eigenvalue weighted by atomic mass is 10.4. The number of aryl methyl sites for hydroxylation is 1. The lowest BCUT2D eigenvalue weighted by molar-refractivity contribution is -0.386. The molecule has 2 heterocycles. The van der Waals surface area contributed by atoms with E-state index in [1.165, 1.54) is 4.68 Å². The Balaban J connectivity index is 2.32. The van der Waals surface area contributed by atoms with Crippen LogP contribution in [0, 0.1) is 17.0 Å². The maximum atomic E-state index is 10.9. The zero-order chi connectivity index (χ0) is 12.4. The summed E-state index contributed by atoms with van der Waals surface area (Å²) in [5.41, 5.74) is 0.281. The maximum Gasteiger partial charge on any atom is 0.353 e. The highest BCUT2D eigenvalue weighted by atomic mass is 16.6. The van der Waals surface area contributed by atoms with Crippen LogP contribution in [-0.2, 0) is 7.05 Å². The molecule has 0 bridgehead atoms. The van der Waals surface area contributed by atoms with E-state index in [1.54, 1.807) is 26.2 Å². The molecule has 90 valence electrons. The first-order valence-corrected chi connectivity index (χ1v) is 4.92. The molecule has 2 rings (SSSR count). The highest BCUT2D eigenvalue weighted by Crippen LogP contribution is 2.28. The van der Waals surface area contributed by atoms with Gasteiger partial charge in [0, 0.05) is 19.8 Å². The second kappa shape index (κ2) is 4.24. The summed E-state index contributed by atoms with van der Waals surface area (Å²) in [4.78, 5) is 14.3. The summed E-state index contributed by atoms with van der Waals surface area (Å²) in [6.45, 7) is 2.17. The number of nitrogens with one attached hydrogen (secondary N) is 1. The fourth-order valence-corrected chi connectivity index (χ4v) is 1.36. The van der Waals surface area contributed by atoms with E-state index < -0.39 is 4.92 Å². The number of rotatable bonds is 2. The molecule has 0 aromatic carbocycles. The predicted octanol–water partition coefficient (Wildman–Crippen LogP) is 0.488. The van der Waals surface area contributed by atoms with E-state index in [9.17, 15) is 10.1 Å². The summed E-state index contributed by atoms with van der Waals surface area (Å²) in [7, 11) is 1.62. The predicted molar refractivity (Wildman–Crippen MR) is 59.8 cm³/mol.